The van der Waals surface area contributed by atoms with Gasteiger partial charge in [-0.2, -0.15) is 0 Å². The maximum Gasteiger partial charge on any atom is 0.227 e. The van der Waals surface area contributed by atoms with E-state index in [2.05, 4.69) is 42.1 Å². The molecule has 0 bridgehead atoms. The Balaban J connectivity index is 1.66. The molecule has 7 heteroatoms. The molecule has 0 radical (unpaired) electrons. The zero-order chi connectivity index (χ0) is 13.9. The Morgan fingerprint density at radius 1 is 1.40 bits per heavy atom. The topological polar surface area (TPSA) is 59.8 Å². The molecule has 1 N–H and O–H groups in total. The van der Waals surface area contributed by atoms with Crippen molar-refractivity contribution in [3.8, 4) is 0 Å². The molecule has 0 saturated carbocycles. The number of fused-ring (bicyclic) bond motifs is 1. The van der Waals surface area contributed by atoms with Crippen LogP contribution in [0.2, 0.25) is 0 Å². The summed E-state index contributed by atoms with van der Waals surface area (Å²) in [4.78, 5) is 11.8. The summed E-state index contributed by atoms with van der Waals surface area (Å²) in [7, 11) is 0. The number of benzene rings is 1. The Labute approximate surface area is 127 Å². The van der Waals surface area contributed by atoms with Crippen LogP contribution >= 0.6 is 27.3 Å². The van der Waals surface area contributed by atoms with Crippen LogP contribution in [0, 0.1) is 0 Å². The summed E-state index contributed by atoms with van der Waals surface area (Å²) >= 11 is 4.76. The highest BCUT2D eigenvalue weighted by atomic mass is 79.9. The number of anilines is 1. The number of nitrogens with one attached hydrogen (secondary N) is 1. The Morgan fingerprint density at radius 2 is 2.30 bits per heavy atom. The first-order valence-electron chi connectivity index (χ1n) is 6.03. The lowest BCUT2D eigenvalue weighted by Gasteiger charge is -2.05. The van der Waals surface area contributed by atoms with Crippen LogP contribution in [0.1, 0.15) is 6.42 Å². The lowest BCUT2D eigenvalue weighted by molar-refractivity contribution is -0.116. The van der Waals surface area contributed by atoms with Gasteiger partial charge in [0.15, 0.2) is 0 Å². The normalized spacial score (nSPS) is 10.8. The van der Waals surface area contributed by atoms with E-state index in [0.29, 0.717) is 18.1 Å². The number of carbonyl (C=O) groups is 1. The summed E-state index contributed by atoms with van der Waals surface area (Å²) in [5.41, 5.74) is 2.71. The highest BCUT2D eigenvalue weighted by molar-refractivity contribution is 9.10. The van der Waals surface area contributed by atoms with Gasteiger partial charge in [0.05, 0.1) is 0 Å². The third-order valence-corrected chi connectivity index (χ3v) is 4.02. The molecule has 3 aromatic rings. The van der Waals surface area contributed by atoms with E-state index in [1.54, 1.807) is 5.51 Å². The quantitative estimate of drug-likeness (QED) is 0.785. The van der Waals surface area contributed by atoms with Crippen molar-refractivity contribution in [2.24, 2.45) is 0 Å². The highest BCUT2D eigenvalue weighted by Crippen LogP contribution is 2.21. The van der Waals surface area contributed by atoms with E-state index in [0.717, 1.165) is 15.4 Å². The van der Waals surface area contributed by atoms with Gasteiger partial charge in [0.1, 0.15) is 5.51 Å². The number of rotatable bonds is 4. The van der Waals surface area contributed by atoms with Crippen molar-refractivity contribution in [1.29, 1.82) is 0 Å². The minimum Gasteiger partial charge on any atom is -0.347 e. The van der Waals surface area contributed by atoms with E-state index in [9.17, 15) is 4.79 Å². The lowest BCUT2D eigenvalue weighted by Crippen LogP contribution is -2.14. The molecule has 2 heterocycles. The Morgan fingerprint density at radius 3 is 3.10 bits per heavy atom. The molecule has 3 rings (SSSR count). The highest BCUT2D eigenvalue weighted by Gasteiger charge is 2.07. The van der Waals surface area contributed by atoms with Gasteiger partial charge in [0.25, 0.3) is 0 Å². The average molecular weight is 351 g/mol. The molecule has 1 amide bonds. The van der Waals surface area contributed by atoms with Gasteiger partial charge in [-0.25, -0.2) is 0 Å². The molecule has 0 atom stereocenters. The Hall–Kier alpha value is -1.73. The molecular weight excluding hydrogens is 340 g/mol. The summed E-state index contributed by atoms with van der Waals surface area (Å²) in [6, 6.07) is 8.15. The fourth-order valence-corrected chi connectivity index (χ4v) is 2.84. The summed E-state index contributed by atoms with van der Waals surface area (Å²) in [6.45, 7) is 0.635. The number of hydrogen-bond donors (Lipinski definition) is 1. The molecule has 0 fully saturated rings. The molecular formula is C13H11BrN4OS. The van der Waals surface area contributed by atoms with Crippen molar-refractivity contribution in [2.45, 2.75) is 13.0 Å². The molecule has 0 spiro atoms. The largest absolute Gasteiger partial charge is 0.347 e. The van der Waals surface area contributed by atoms with E-state index >= 15 is 0 Å². The molecule has 1 aromatic carbocycles. The zero-order valence-electron chi connectivity index (χ0n) is 10.4. The summed E-state index contributed by atoms with van der Waals surface area (Å²) in [5.74, 6) is -0.0549. The molecule has 5 nitrogen and oxygen atoms in total. The van der Waals surface area contributed by atoms with Crippen LogP contribution in [0.5, 0.6) is 0 Å². The number of aryl methyl sites for hydroxylation is 1. The number of aromatic nitrogens is 3. The lowest BCUT2D eigenvalue weighted by atomic mass is 10.2. The molecule has 0 aliphatic heterocycles. The van der Waals surface area contributed by atoms with E-state index in [1.165, 1.54) is 11.3 Å². The van der Waals surface area contributed by atoms with Crippen molar-refractivity contribution in [3.63, 3.8) is 0 Å². The van der Waals surface area contributed by atoms with Crippen molar-refractivity contribution in [1.82, 2.24) is 14.8 Å². The smallest absolute Gasteiger partial charge is 0.227 e. The van der Waals surface area contributed by atoms with Gasteiger partial charge in [-0.3, -0.25) is 4.79 Å². The number of hydrogen-bond acceptors (Lipinski definition) is 4. The van der Waals surface area contributed by atoms with E-state index in [4.69, 9.17) is 0 Å². The van der Waals surface area contributed by atoms with Crippen LogP contribution in [0.15, 0.2) is 40.4 Å². The number of halogens is 1. The van der Waals surface area contributed by atoms with Crippen LogP contribution in [0.4, 0.5) is 5.13 Å². The summed E-state index contributed by atoms with van der Waals surface area (Å²) in [5, 5.41) is 11.9. The maximum atomic E-state index is 11.8. The molecule has 0 unspecified atom stereocenters. The van der Waals surface area contributed by atoms with Crippen LogP contribution < -0.4 is 5.32 Å². The zero-order valence-corrected chi connectivity index (χ0v) is 12.8. The van der Waals surface area contributed by atoms with E-state index in [1.807, 2.05) is 24.4 Å². The minimum absolute atomic E-state index is 0.0549. The van der Waals surface area contributed by atoms with Crippen molar-refractivity contribution in [3.05, 3.63) is 40.4 Å². The van der Waals surface area contributed by atoms with Gasteiger partial charge in [0.2, 0.25) is 11.0 Å². The fourth-order valence-electron chi connectivity index (χ4n) is 2.00. The van der Waals surface area contributed by atoms with Gasteiger partial charge in [-0.1, -0.05) is 27.3 Å². The van der Waals surface area contributed by atoms with Crippen LogP contribution in [0.3, 0.4) is 0 Å². The van der Waals surface area contributed by atoms with Crippen LogP contribution in [0.25, 0.3) is 10.9 Å². The Kier molecular flexibility index (Phi) is 3.79. The predicted molar refractivity (Wildman–Crippen MR) is 82.8 cm³/mol. The van der Waals surface area contributed by atoms with Gasteiger partial charge < -0.3 is 9.88 Å². The van der Waals surface area contributed by atoms with Gasteiger partial charge in [0, 0.05) is 34.5 Å². The molecule has 0 saturated heterocycles. The van der Waals surface area contributed by atoms with Crippen molar-refractivity contribution < 1.29 is 4.79 Å². The average Bonchev–Trinajstić information content (AvgIpc) is 3.05. The Bertz CT molecular complexity index is 738. The number of nitrogens with zero attached hydrogens (tertiary/aromatic N) is 3. The van der Waals surface area contributed by atoms with E-state index in [-0.39, 0.29) is 5.91 Å². The third kappa shape index (κ3) is 2.88. The summed E-state index contributed by atoms with van der Waals surface area (Å²) in [6.07, 6.45) is 2.40. The molecule has 0 aliphatic rings. The first kappa shape index (κ1) is 13.3. The number of carbonyl (C=O) groups excluding carboxylic acids is 1. The van der Waals surface area contributed by atoms with Gasteiger partial charge in [-0.15, -0.1) is 10.2 Å². The molecule has 102 valence electrons. The van der Waals surface area contributed by atoms with Crippen LogP contribution in [-0.2, 0) is 11.3 Å². The second-order valence-corrected chi connectivity index (χ2v) is 6.00. The monoisotopic (exact) mass is 350 g/mol. The third-order valence-electron chi connectivity index (χ3n) is 2.92. The molecule has 20 heavy (non-hydrogen) atoms. The predicted octanol–water partition coefficient (Wildman–Crippen LogP) is 3.28. The summed E-state index contributed by atoms with van der Waals surface area (Å²) < 4.78 is 3.12. The van der Waals surface area contributed by atoms with Gasteiger partial charge in [-0.05, 0) is 24.3 Å². The minimum atomic E-state index is -0.0549. The van der Waals surface area contributed by atoms with Crippen molar-refractivity contribution in [2.75, 3.05) is 5.32 Å². The van der Waals surface area contributed by atoms with Gasteiger partial charge >= 0.3 is 0 Å². The first-order chi connectivity index (χ1) is 9.72. The second-order valence-electron chi connectivity index (χ2n) is 4.25. The maximum absolute atomic E-state index is 11.8. The molecule has 2 aromatic heterocycles. The first-order valence-corrected chi connectivity index (χ1v) is 7.70. The fraction of sp³-hybridized carbons (Fsp3) is 0.154. The molecule has 0 aliphatic carbocycles. The number of amides is 1. The van der Waals surface area contributed by atoms with E-state index < -0.39 is 0 Å². The second kappa shape index (κ2) is 5.72. The van der Waals surface area contributed by atoms with Crippen LogP contribution in [-0.4, -0.2) is 20.7 Å². The van der Waals surface area contributed by atoms with Crippen molar-refractivity contribution >= 4 is 49.2 Å². The SMILES string of the molecule is O=C(CCn1ccc2cc(Br)ccc21)Nc1nncs1. The standard InChI is InChI=1S/C13H11BrN4OS/c14-10-1-2-11-9(7-10)3-5-18(11)6-4-12(19)16-13-17-15-8-20-13/h1-3,5,7-8H,4,6H2,(H,16,17,19).